The highest BCUT2D eigenvalue weighted by atomic mass is 16.6. The topological polar surface area (TPSA) is 49.4 Å². The van der Waals surface area contributed by atoms with Gasteiger partial charge < -0.3 is 4.90 Å². The van der Waals surface area contributed by atoms with Crippen LogP contribution in [0.1, 0.15) is 5.56 Å². The van der Waals surface area contributed by atoms with Crippen LogP contribution in [-0.2, 0) is 0 Å². The molecule has 1 aromatic rings. The second-order valence-electron chi connectivity index (χ2n) is 4.45. The van der Waals surface area contributed by atoms with Crippen LogP contribution in [-0.4, -0.2) is 48.8 Å². The Bertz CT molecular complexity index is 501. The quantitative estimate of drug-likeness (QED) is 0.353. The molecule has 1 aromatic carbocycles. The monoisotopic (exact) mass is 248 g/mol. The molecule has 0 saturated carbocycles. The van der Waals surface area contributed by atoms with Gasteiger partial charge in [0.1, 0.15) is 14.1 Å². The van der Waals surface area contributed by atoms with Crippen LogP contribution < -0.4 is 0 Å². The Kier molecular flexibility index (Phi) is 4.59. The van der Waals surface area contributed by atoms with Gasteiger partial charge in [0, 0.05) is 32.4 Å². The van der Waals surface area contributed by atoms with Gasteiger partial charge in [0.2, 0.25) is 0 Å². The maximum absolute atomic E-state index is 10.8. The predicted octanol–water partition coefficient (Wildman–Crippen LogP) is 1.84. The molecule has 0 atom stereocenters. The van der Waals surface area contributed by atoms with Gasteiger partial charge in [0.05, 0.1) is 10.5 Å². The number of rotatable bonds is 4. The van der Waals surface area contributed by atoms with Crippen molar-refractivity contribution in [2.24, 2.45) is 0 Å². The van der Waals surface area contributed by atoms with Crippen molar-refractivity contribution in [1.82, 2.24) is 4.90 Å². The summed E-state index contributed by atoms with van der Waals surface area (Å²) in [5, 5.41) is 10.8. The Hall–Kier alpha value is -2.17. The van der Waals surface area contributed by atoms with Crippen LogP contribution in [0.5, 0.6) is 0 Å². The summed E-state index contributed by atoms with van der Waals surface area (Å²) in [6.45, 7) is 0. The number of hydrogen-bond donors (Lipinski definition) is 0. The SMILES string of the molecule is CN(C)C=C(C=[N+](C)C)c1cccc([N+](=O)[O-])c1. The molecule has 0 amide bonds. The standard InChI is InChI=1S/C13H18N3O2/c1-14(2)9-12(10-15(3)4)11-6-5-7-13(8-11)16(17)18/h5-10H,1-4H3/q+1. The van der Waals surface area contributed by atoms with E-state index >= 15 is 0 Å². The van der Waals surface area contributed by atoms with Gasteiger partial charge in [-0.25, -0.2) is 4.58 Å². The minimum atomic E-state index is -0.383. The normalized spacial score (nSPS) is 11.0. The molecule has 0 saturated heterocycles. The molecule has 5 nitrogen and oxygen atoms in total. The zero-order valence-corrected chi connectivity index (χ0v) is 11.1. The van der Waals surface area contributed by atoms with Crippen LogP contribution in [0.3, 0.4) is 0 Å². The van der Waals surface area contributed by atoms with Crippen molar-refractivity contribution in [3.63, 3.8) is 0 Å². The molecular formula is C13H18N3O2+. The van der Waals surface area contributed by atoms with E-state index in [1.165, 1.54) is 6.07 Å². The third-order valence-electron chi connectivity index (χ3n) is 2.18. The largest absolute Gasteiger partial charge is 0.383 e. The van der Waals surface area contributed by atoms with E-state index in [9.17, 15) is 10.1 Å². The van der Waals surface area contributed by atoms with Crippen LogP contribution >= 0.6 is 0 Å². The van der Waals surface area contributed by atoms with Gasteiger partial charge in [-0.2, -0.15) is 0 Å². The van der Waals surface area contributed by atoms with Gasteiger partial charge in [-0.1, -0.05) is 12.1 Å². The van der Waals surface area contributed by atoms with Gasteiger partial charge in [-0.15, -0.1) is 0 Å². The van der Waals surface area contributed by atoms with Crippen LogP contribution in [0.4, 0.5) is 5.69 Å². The van der Waals surface area contributed by atoms with E-state index in [1.54, 1.807) is 12.1 Å². The van der Waals surface area contributed by atoms with Crippen molar-refractivity contribution in [3.05, 3.63) is 46.1 Å². The average Bonchev–Trinajstić information content (AvgIpc) is 2.27. The second kappa shape index (κ2) is 5.95. The second-order valence-corrected chi connectivity index (χ2v) is 4.45. The first-order chi connectivity index (χ1) is 8.40. The van der Waals surface area contributed by atoms with Crippen molar-refractivity contribution in [2.45, 2.75) is 0 Å². The van der Waals surface area contributed by atoms with Crippen molar-refractivity contribution in [2.75, 3.05) is 28.2 Å². The van der Waals surface area contributed by atoms with Crippen LogP contribution in [0.25, 0.3) is 5.57 Å². The molecule has 0 aliphatic rings. The summed E-state index contributed by atoms with van der Waals surface area (Å²) in [4.78, 5) is 12.3. The first-order valence-electron chi connectivity index (χ1n) is 5.54. The molecular weight excluding hydrogens is 230 g/mol. The van der Waals surface area contributed by atoms with Crippen molar-refractivity contribution < 1.29 is 9.50 Å². The van der Waals surface area contributed by atoms with Crippen LogP contribution in [0.15, 0.2) is 30.5 Å². The van der Waals surface area contributed by atoms with Gasteiger partial charge in [-0.3, -0.25) is 10.1 Å². The summed E-state index contributed by atoms with van der Waals surface area (Å²) < 4.78 is 1.91. The molecule has 96 valence electrons. The van der Waals surface area contributed by atoms with E-state index in [-0.39, 0.29) is 10.6 Å². The Morgan fingerprint density at radius 3 is 2.50 bits per heavy atom. The Labute approximate surface area is 107 Å². The predicted molar refractivity (Wildman–Crippen MR) is 72.9 cm³/mol. The molecule has 0 N–H and O–H groups in total. The van der Waals surface area contributed by atoms with Crippen molar-refractivity contribution in [3.8, 4) is 0 Å². The molecule has 0 radical (unpaired) electrons. The number of benzene rings is 1. The number of nitro benzene ring substituents is 1. The summed E-state index contributed by atoms with van der Waals surface area (Å²) in [6.07, 6.45) is 3.86. The molecule has 0 aromatic heterocycles. The summed E-state index contributed by atoms with van der Waals surface area (Å²) in [7, 11) is 7.67. The molecule has 0 heterocycles. The first-order valence-corrected chi connectivity index (χ1v) is 5.54. The number of allylic oxidation sites excluding steroid dienone is 1. The van der Waals surface area contributed by atoms with Crippen molar-refractivity contribution in [1.29, 1.82) is 0 Å². The van der Waals surface area contributed by atoms with Gasteiger partial charge in [0.15, 0.2) is 6.21 Å². The Morgan fingerprint density at radius 1 is 1.33 bits per heavy atom. The van der Waals surface area contributed by atoms with Gasteiger partial charge in [-0.05, 0) is 5.56 Å². The molecule has 1 rings (SSSR count). The minimum Gasteiger partial charge on any atom is -0.383 e. The third kappa shape index (κ3) is 4.01. The average molecular weight is 248 g/mol. The highest BCUT2D eigenvalue weighted by Gasteiger charge is 2.10. The van der Waals surface area contributed by atoms with Crippen LogP contribution in [0, 0.1) is 10.1 Å². The molecule has 0 bridgehead atoms. The number of nitro groups is 1. The zero-order chi connectivity index (χ0) is 13.7. The van der Waals surface area contributed by atoms with E-state index in [1.807, 2.05) is 56.1 Å². The summed E-state index contributed by atoms with van der Waals surface area (Å²) in [5.41, 5.74) is 1.85. The first kappa shape index (κ1) is 13.9. The maximum Gasteiger partial charge on any atom is 0.270 e. The number of non-ortho nitro benzene ring substituents is 1. The fourth-order valence-corrected chi connectivity index (χ4v) is 1.54. The Balaban J connectivity index is 3.26. The molecule has 0 aliphatic heterocycles. The molecule has 0 unspecified atom stereocenters. The molecule has 0 spiro atoms. The smallest absolute Gasteiger partial charge is 0.270 e. The van der Waals surface area contributed by atoms with Crippen LogP contribution in [0.2, 0.25) is 0 Å². The molecule has 0 fully saturated rings. The lowest BCUT2D eigenvalue weighted by Gasteiger charge is -2.07. The minimum absolute atomic E-state index is 0.101. The maximum atomic E-state index is 10.8. The fourth-order valence-electron chi connectivity index (χ4n) is 1.54. The fraction of sp³-hybridized carbons (Fsp3) is 0.308. The lowest BCUT2D eigenvalue weighted by atomic mass is 10.1. The highest BCUT2D eigenvalue weighted by Crippen LogP contribution is 2.19. The lowest BCUT2D eigenvalue weighted by Crippen LogP contribution is -2.07. The van der Waals surface area contributed by atoms with E-state index in [2.05, 4.69) is 0 Å². The van der Waals surface area contributed by atoms with E-state index in [0.29, 0.717) is 0 Å². The lowest BCUT2D eigenvalue weighted by molar-refractivity contribution is -0.458. The van der Waals surface area contributed by atoms with E-state index in [0.717, 1.165) is 11.1 Å². The zero-order valence-electron chi connectivity index (χ0n) is 11.1. The molecule has 18 heavy (non-hydrogen) atoms. The van der Waals surface area contributed by atoms with Crippen molar-refractivity contribution >= 4 is 17.5 Å². The summed E-state index contributed by atoms with van der Waals surface area (Å²) in [5.74, 6) is 0. The van der Waals surface area contributed by atoms with Gasteiger partial charge in [0.25, 0.3) is 5.69 Å². The molecule has 0 aliphatic carbocycles. The summed E-state index contributed by atoms with van der Waals surface area (Å²) in [6, 6.07) is 6.63. The number of nitrogens with zero attached hydrogens (tertiary/aromatic N) is 3. The third-order valence-corrected chi connectivity index (χ3v) is 2.18. The Morgan fingerprint density at radius 2 is 2.00 bits per heavy atom. The van der Waals surface area contributed by atoms with Gasteiger partial charge >= 0.3 is 0 Å². The highest BCUT2D eigenvalue weighted by molar-refractivity contribution is 6.07. The number of hydrogen-bond acceptors (Lipinski definition) is 3. The molecule has 5 heteroatoms. The van der Waals surface area contributed by atoms with E-state index < -0.39 is 0 Å². The van der Waals surface area contributed by atoms with E-state index in [4.69, 9.17) is 0 Å². The summed E-state index contributed by atoms with van der Waals surface area (Å²) >= 11 is 0.